The lowest BCUT2D eigenvalue weighted by molar-refractivity contribution is 0.101. The molecule has 12 heavy (non-hydrogen) atoms. The molecule has 2 aromatic rings. The second kappa shape index (κ2) is 2.64. The Balaban J connectivity index is 2.68. The summed E-state index contributed by atoms with van der Waals surface area (Å²) in [6, 6.07) is 5.43. The first-order valence-electron chi connectivity index (χ1n) is 3.50. The minimum atomic E-state index is 0.0601. The topological polar surface area (TPSA) is 42.9 Å². The Kier molecular flexibility index (Phi) is 1.62. The summed E-state index contributed by atoms with van der Waals surface area (Å²) in [6.07, 6.45) is 0. The van der Waals surface area contributed by atoms with Crippen LogP contribution in [0.1, 0.15) is 17.3 Å². The van der Waals surface area contributed by atoms with E-state index in [4.69, 9.17) is 0 Å². The number of carbonyl (C=O) groups is 1. The van der Waals surface area contributed by atoms with Gasteiger partial charge in [0.15, 0.2) is 5.78 Å². The van der Waals surface area contributed by atoms with Gasteiger partial charge in [-0.15, -0.1) is 5.10 Å². The monoisotopic (exact) mass is 178 g/mol. The number of aromatic nitrogens is 2. The second-order valence-electron chi connectivity index (χ2n) is 2.51. The first-order chi connectivity index (χ1) is 5.77. The van der Waals surface area contributed by atoms with E-state index in [9.17, 15) is 4.79 Å². The van der Waals surface area contributed by atoms with Crippen molar-refractivity contribution >= 4 is 27.5 Å². The van der Waals surface area contributed by atoms with Crippen LogP contribution in [-0.2, 0) is 0 Å². The SMILES string of the molecule is CC(=O)c1ccc2snnc2c1. The van der Waals surface area contributed by atoms with Gasteiger partial charge in [0.2, 0.25) is 0 Å². The van der Waals surface area contributed by atoms with Crippen LogP contribution in [-0.4, -0.2) is 15.4 Å². The Bertz CT molecular complexity index is 435. The summed E-state index contributed by atoms with van der Waals surface area (Å²) in [5.74, 6) is 0.0601. The first-order valence-corrected chi connectivity index (χ1v) is 4.28. The fourth-order valence-electron chi connectivity index (χ4n) is 1.00. The largest absolute Gasteiger partial charge is 0.295 e. The van der Waals surface area contributed by atoms with Gasteiger partial charge in [-0.3, -0.25) is 4.79 Å². The lowest BCUT2D eigenvalue weighted by atomic mass is 10.1. The highest BCUT2D eigenvalue weighted by atomic mass is 32.1. The van der Waals surface area contributed by atoms with Gasteiger partial charge in [0.05, 0.1) is 4.70 Å². The van der Waals surface area contributed by atoms with E-state index in [1.54, 1.807) is 19.1 Å². The van der Waals surface area contributed by atoms with Gasteiger partial charge in [0.1, 0.15) is 5.52 Å². The van der Waals surface area contributed by atoms with Crippen molar-refractivity contribution in [1.82, 2.24) is 9.59 Å². The molecule has 0 aliphatic heterocycles. The zero-order valence-electron chi connectivity index (χ0n) is 6.44. The van der Waals surface area contributed by atoms with Crippen molar-refractivity contribution in [3.63, 3.8) is 0 Å². The Morgan fingerprint density at radius 2 is 2.33 bits per heavy atom. The molecule has 0 fully saturated rings. The number of hydrogen-bond donors (Lipinski definition) is 0. The molecule has 0 N–H and O–H groups in total. The van der Waals surface area contributed by atoms with Crippen molar-refractivity contribution < 1.29 is 4.79 Å². The van der Waals surface area contributed by atoms with Gasteiger partial charge < -0.3 is 0 Å². The number of nitrogens with zero attached hydrogens (tertiary/aromatic N) is 2. The Hall–Kier alpha value is -1.29. The number of fused-ring (bicyclic) bond motifs is 1. The normalized spacial score (nSPS) is 10.4. The summed E-state index contributed by atoms with van der Waals surface area (Å²) >= 11 is 1.34. The molecule has 1 heterocycles. The Morgan fingerprint density at radius 3 is 3.08 bits per heavy atom. The molecule has 3 nitrogen and oxygen atoms in total. The zero-order chi connectivity index (χ0) is 8.55. The molecule has 0 bridgehead atoms. The molecule has 0 aliphatic rings. The number of ketones is 1. The van der Waals surface area contributed by atoms with Crippen LogP contribution in [0.2, 0.25) is 0 Å². The van der Waals surface area contributed by atoms with E-state index in [0.717, 1.165) is 10.2 Å². The summed E-state index contributed by atoms with van der Waals surface area (Å²) in [7, 11) is 0. The van der Waals surface area contributed by atoms with E-state index in [-0.39, 0.29) is 5.78 Å². The molecule has 0 unspecified atom stereocenters. The highest BCUT2D eigenvalue weighted by Gasteiger charge is 2.02. The quantitative estimate of drug-likeness (QED) is 0.626. The van der Waals surface area contributed by atoms with Crippen molar-refractivity contribution in [3.8, 4) is 0 Å². The van der Waals surface area contributed by atoms with Gasteiger partial charge in [-0.25, -0.2) is 0 Å². The van der Waals surface area contributed by atoms with E-state index < -0.39 is 0 Å². The van der Waals surface area contributed by atoms with Gasteiger partial charge in [-0.05, 0) is 36.7 Å². The molecule has 60 valence electrons. The summed E-state index contributed by atoms with van der Waals surface area (Å²) in [5.41, 5.74) is 1.49. The van der Waals surface area contributed by atoms with Crippen LogP contribution in [0.3, 0.4) is 0 Å². The van der Waals surface area contributed by atoms with Gasteiger partial charge in [-0.2, -0.15) is 0 Å². The predicted octanol–water partition coefficient (Wildman–Crippen LogP) is 1.89. The highest BCUT2D eigenvalue weighted by molar-refractivity contribution is 7.12. The molecular formula is C8H6N2OS. The summed E-state index contributed by atoms with van der Waals surface area (Å²) in [6.45, 7) is 1.54. The first kappa shape index (κ1) is 7.36. The number of hydrogen-bond acceptors (Lipinski definition) is 4. The molecule has 0 spiro atoms. The molecule has 2 rings (SSSR count). The van der Waals surface area contributed by atoms with Crippen LogP contribution in [0.15, 0.2) is 18.2 Å². The van der Waals surface area contributed by atoms with Crippen LogP contribution in [0.25, 0.3) is 10.2 Å². The minimum absolute atomic E-state index is 0.0601. The lowest BCUT2D eigenvalue weighted by Gasteiger charge is -1.92. The molecule has 4 heteroatoms. The third-order valence-electron chi connectivity index (χ3n) is 1.65. The number of benzene rings is 1. The van der Waals surface area contributed by atoms with Crippen molar-refractivity contribution in [1.29, 1.82) is 0 Å². The van der Waals surface area contributed by atoms with E-state index in [1.165, 1.54) is 11.5 Å². The number of Topliss-reactive ketones (excluding diaryl/α,β-unsaturated/α-hetero) is 1. The predicted molar refractivity (Wildman–Crippen MR) is 47.4 cm³/mol. The third kappa shape index (κ3) is 1.10. The maximum atomic E-state index is 11.0. The maximum Gasteiger partial charge on any atom is 0.159 e. The average molecular weight is 178 g/mol. The van der Waals surface area contributed by atoms with Gasteiger partial charge >= 0.3 is 0 Å². The van der Waals surface area contributed by atoms with Crippen LogP contribution < -0.4 is 0 Å². The van der Waals surface area contributed by atoms with Crippen LogP contribution >= 0.6 is 11.5 Å². The van der Waals surface area contributed by atoms with E-state index >= 15 is 0 Å². The fraction of sp³-hybridized carbons (Fsp3) is 0.125. The lowest BCUT2D eigenvalue weighted by Crippen LogP contribution is -1.90. The van der Waals surface area contributed by atoms with Crippen molar-refractivity contribution in [2.24, 2.45) is 0 Å². The molecule has 0 amide bonds. The van der Waals surface area contributed by atoms with Crippen molar-refractivity contribution in [2.45, 2.75) is 6.92 Å². The maximum absolute atomic E-state index is 11.0. The molecule has 0 aliphatic carbocycles. The molecular weight excluding hydrogens is 172 g/mol. The standard InChI is InChI=1S/C8H6N2OS/c1-5(11)6-2-3-8-7(4-6)9-10-12-8/h2-4H,1H3. The van der Waals surface area contributed by atoms with Crippen molar-refractivity contribution in [3.05, 3.63) is 23.8 Å². The number of rotatable bonds is 1. The van der Waals surface area contributed by atoms with Crippen molar-refractivity contribution in [2.75, 3.05) is 0 Å². The Morgan fingerprint density at radius 1 is 1.50 bits per heavy atom. The van der Waals surface area contributed by atoms with E-state index in [2.05, 4.69) is 9.59 Å². The average Bonchev–Trinajstić information content (AvgIpc) is 2.49. The summed E-state index contributed by atoms with van der Waals surface area (Å²) in [5, 5.41) is 3.88. The molecule has 0 radical (unpaired) electrons. The van der Waals surface area contributed by atoms with Crippen LogP contribution in [0.5, 0.6) is 0 Å². The van der Waals surface area contributed by atoms with E-state index in [1.807, 2.05) is 6.07 Å². The third-order valence-corrected chi connectivity index (χ3v) is 2.36. The summed E-state index contributed by atoms with van der Waals surface area (Å²) in [4.78, 5) is 11.0. The number of carbonyl (C=O) groups excluding carboxylic acids is 1. The second-order valence-corrected chi connectivity index (χ2v) is 3.30. The molecule has 0 saturated heterocycles. The Labute approximate surface area is 73.2 Å². The fourth-order valence-corrected chi connectivity index (χ4v) is 1.54. The van der Waals surface area contributed by atoms with Crippen LogP contribution in [0.4, 0.5) is 0 Å². The molecule has 0 atom stereocenters. The minimum Gasteiger partial charge on any atom is -0.295 e. The molecule has 1 aromatic carbocycles. The zero-order valence-corrected chi connectivity index (χ0v) is 7.26. The molecule has 0 saturated carbocycles. The van der Waals surface area contributed by atoms with Gasteiger partial charge in [0, 0.05) is 5.56 Å². The van der Waals surface area contributed by atoms with Gasteiger partial charge in [0.25, 0.3) is 0 Å². The smallest absolute Gasteiger partial charge is 0.159 e. The van der Waals surface area contributed by atoms with Crippen LogP contribution in [0, 0.1) is 0 Å². The van der Waals surface area contributed by atoms with Gasteiger partial charge in [-0.1, -0.05) is 4.49 Å². The summed E-state index contributed by atoms with van der Waals surface area (Å²) < 4.78 is 4.80. The van der Waals surface area contributed by atoms with E-state index in [0.29, 0.717) is 5.56 Å². The molecule has 1 aromatic heterocycles. The highest BCUT2D eigenvalue weighted by Crippen LogP contribution is 2.16.